The molecule has 0 saturated carbocycles. The molecule has 3 heterocycles. The molecule has 1 unspecified atom stereocenters. The molecule has 1 aliphatic heterocycles. The summed E-state index contributed by atoms with van der Waals surface area (Å²) < 4.78 is 43.9. The molecule has 30 heavy (non-hydrogen) atoms. The zero-order valence-electron chi connectivity index (χ0n) is 16.5. The first-order chi connectivity index (χ1) is 14.3. The highest BCUT2D eigenvalue weighted by molar-refractivity contribution is 5.79. The van der Waals surface area contributed by atoms with Crippen LogP contribution in [0, 0.1) is 0 Å². The topological polar surface area (TPSA) is 58.2 Å². The Morgan fingerprint density at radius 2 is 2.00 bits per heavy atom. The number of hydrogen-bond donors (Lipinski definition) is 1. The number of alkyl halides is 3. The molecular formula is C22H22F3N3O2. The summed E-state index contributed by atoms with van der Waals surface area (Å²) in [4.78, 5) is 21.5. The van der Waals surface area contributed by atoms with E-state index in [1.165, 1.54) is 6.07 Å². The van der Waals surface area contributed by atoms with Crippen LogP contribution in [0.25, 0.3) is 11.0 Å². The Morgan fingerprint density at radius 1 is 1.23 bits per heavy atom. The molecule has 2 aromatic heterocycles. The van der Waals surface area contributed by atoms with Crippen molar-refractivity contribution >= 4 is 16.9 Å². The predicted molar refractivity (Wildman–Crippen MR) is 106 cm³/mol. The second kappa shape index (κ2) is 8.01. The van der Waals surface area contributed by atoms with Gasteiger partial charge in [0.15, 0.2) is 0 Å². The number of H-pyrrole nitrogens is 1. The average molecular weight is 417 g/mol. The number of ether oxygens (including phenoxy) is 1. The summed E-state index contributed by atoms with van der Waals surface area (Å²) >= 11 is 0. The van der Waals surface area contributed by atoms with E-state index in [2.05, 4.69) is 9.97 Å². The summed E-state index contributed by atoms with van der Waals surface area (Å²) in [6.07, 6.45) is -2.46. The number of rotatable bonds is 4. The van der Waals surface area contributed by atoms with E-state index in [4.69, 9.17) is 4.74 Å². The van der Waals surface area contributed by atoms with Crippen molar-refractivity contribution in [2.75, 3.05) is 20.2 Å². The van der Waals surface area contributed by atoms with Crippen molar-refractivity contribution in [3.63, 3.8) is 0 Å². The Morgan fingerprint density at radius 3 is 2.70 bits per heavy atom. The van der Waals surface area contributed by atoms with Crippen LogP contribution in [0.15, 0.2) is 42.5 Å². The molecule has 1 fully saturated rings. The molecule has 3 aromatic rings. The van der Waals surface area contributed by atoms with Crippen molar-refractivity contribution < 1.29 is 22.7 Å². The second-order valence-corrected chi connectivity index (χ2v) is 7.56. The van der Waals surface area contributed by atoms with Gasteiger partial charge in [0.25, 0.3) is 0 Å². The average Bonchev–Trinajstić information content (AvgIpc) is 3.17. The fourth-order valence-electron chi connectivity index (χ4n) is 3.89. The minimum absolute atomic E-state index is 0.0402. The number of carbonyl (C=O) groups excluding carboxylic acids is 1. The van der Waals surface area contributed by atoms with Gasteiger partial charge in [0, 0.05) is 24.7 Å². The number of carbonyl (C=O) groups is 1. The molecule has 1 atom stereocenters. The summed E-state index contributed by atoms with van der Waals surface area (Å²) in [6.45, 7) is 1.22. The Kier molecular flexibility index (Phi) is 5.40. The van der Waals surface area contributed by atoms with E-state index in [0.29, 0.717) is 30.5 Å². The van der Waals surface area contributed by atoms with Gasteiger partial charge < -0.3 is 14.6 Å². The summed E-state index contributed by atoms with van der Waals surface area (Å²) in [7, 11) is 1.59. The normalized spacial score (nSPS) is 17.3. The Labute approximate surface area is 171 Å². The summed E-state index contributed by atoms with van der Waals surface area (Å²) in [5.74, 6) is 0.825. The number of aromatic amines is 1. The summed E-state index contributed by atoms with van der Waals surface area (Å²) in [5, 5.41) is 0. The molecule has 1 N–H and O–H groups in total. The van der Waals surface area contributed by atoms with Crippen LogP contribution in [-0.2, 0) is 17.4 Å². The number of fused-ring (bicyclic) bond motifs is 1. The van der Waals surface area contributed by atoms with E-state index in [1.54, 1.807) is 13.2 Å². The SMILES string of the molecule is COc1ccc(CC(=O)N2CCCC(c3cc4nc(C(F)(F)F)ccc4[nH]3)C2)cc1. The number of nitrogens with one attached hydrogen (secondary N) is 1. The van der Waals surface area contributed by atoms with Crippen molar-refractivity contribution in [2.45, 2.75) is 31.4 Å². The molecule has 0 bridgehead atoms. The first-order valence-corrected chi connectivity index (χ1v) is 9.81. The number of nitrogens with zero attached hydrogens (tertiary/aromatic N) is 2. The lowest BCUT2D eigenvalue weighted by atomic mass is 9.94. The molecule has 0 radical (unpaired) electrons. The van der Waals surface area contributed by atoms with E-state index in [1.807, 2.05) is 29.2 Å². The van der Waals surface area contributed by atoms with Gasteiger partial charge >= 0.3 is 6.18 Å². The lowest BCUT2D eigenvalue weighted by molar-refractivity contribution is -0.141. The van der Waals surface area contributed by atoms with Gasteiger partial charge in [-0.15, -0.1) is 0 Å². The highest BCUT2D eigenvalue weighted by atomic mass is 19.4. The van der Waals surface area contributed by atoms with Crippen molar-refractivity contribution in [3.8, 4) is 5.75 Å². The van der Waals surface area contributed by atoms with Crippen LogP contribution in [0.2, 0.25) is 0 Å². The van der Waals surface area contributed by atoms with E-state index >= 15 is 0 Å². The Hall–Kier alpha value is -3.03. The van der Waals surface area contributed by atoms with Gasteiger partial charge in [-0.3, -0.25) is 4.79 Å². The van der Waals surface area contributed by atoms with Gasteiger partial charge in [-0.2, -0.15) is 13.2 Å². The molecule has 158 valence electrons. The zero-order valence-corrected chi connectivity index (χ0v) is 16.5. The standard InChI is InChI=1S/C22H22F3N3O2/c1-30-16-6-4-14(5-7-16)11-21(29)28-10-2-3-15(13-28)18-12-19-17(26-18)8-9-20(27-19)22(23,24)25/h4-9,12,15,26H,2-3,10-11,13H2,1H3. The van der Waals surface area contributed by atoms with Crippen molar-refractivity contribution in [1.82, 2.24) is 14.9 Å². The lowest BCUT2D eigenvalue weighted by Crippen LogP contribution is -2.40. The number of likely N-dealkylation sites (tertiary alicyclic amines) is 1. The molecule has 4 rings (SSSR count). The molecule has 8 heteroatoms. The molecule has 1 amide bonds. The molecule has 0 spiro atoms. The number of piperidine rings is 1. The maximum atomic E-state index is 12.9. The number of aromatic nitrogens is 2. The molecule has 5 nitrogen and oxygen atoms in total. The molecule has 0 aliphatic carbocycles. The largest absolute Gasteiger partial charge is 0.497 e. The molecular weight excluding hydrogens is 395 g/mol. The highest BCUT2D eigenvalue weighted by Gasteiger charge is 2.33. The summed E-state index contributed by atoms with van der Waals surface area (Å²) in [5.41, 5.74) is 1.69. The Bertz CT molecular complexity index is 1040. The van der Waals surface area contributed by atoms with Crippen LogP contribution in [0.5, 0.6) is 5.75 Å². The third kappa shape index (κ3) is 4.27. The monoisotopic (exact) mass is 417 g/mol. The van der Waals surface area contributed by atoms with Crippen LogP contribution in [0.3, 0.4) is 0 Å². The fourth-order valence-corrected chi connectivity index (χ4v) is 3.89. The van der Waals surface area contributed by atoms with Gasteiger partial charge in [-0.1, -0.05) is 12.1 Å². The molecule has 1 saturated heterocycles. The predicted octanol–water partition coefficient (Wildman–Crippen LogP) is 4.54. The second-order valence-electron chi connectivity index (χ2n) is 7.56. The van der Waals surface area contributed by atoms with E-state index < -0.39 is 11.9 Å². The van der Waals surface area contributed by atoms with Crippen LogP contribution in [0.4, 0.5) is 13.2 Å². The van der Waals surface area contributed by atoms with Gasteiger partial charge in [-0.05, 0) is 48.7 Å². The first kappa shape index (κ1) is 20.3. The highest BCUT2D eigenvalue weighted by Crippen LogP contribution is 2.32. The number of benzene rings is 1. The van der Waals surface area contributed by atoms with E-state index in [0.717, 1.165) is 35.9 Å². The van der Waals surface area contributed by atoms with Crippen LogP contribution < -0.4 is 4.74 Å². The third-order valence-electron chi connectivity index (χ3n) is 5.51. The van der Waals surface area contributed by atoms with Gasteiger partial charge in [0.05, 0.1) is 24.6 Å². The minimum atomic E-state index is -4.47. The number of amides is 1. The third-order valence-corrected chi connectivity index (χ3v) is 5.51. The van der Waals surface area contributed by atoms with Crippen molar-refractivity contribution in [1.29, 1.82) is 0 Å². The molecule has 1 aromatic carbocycles. The Balaban J connectivity index is 1.47. The number of pyridine rings is 1. The van der Waals surface area contributed by atoms with Gasteiger partial charge in [-0.25, -0.2) is 4.98 Å². The van der Waals surface area contributed by atoms with Crippen LogP contribution in [-0.4, -0.2) is 41.0 Å². The number of halogens is 3. The minimum Gasteiger partial charge on any atom is -0.497 e. The van der Waals surface area contributed by atoms with Crippen molar-refractivity contribution in [3.05, 3.63) is 59.4 Å². The van der Waals surface area contributed by atoms with Crippen LogP contribution in [0.1, 0.15) is 35.7 Å². The maximum Gasteiger partial charge on any atom is 0.433 e. The fraction of sp³-hybridized carbons (Fsp3) is 0.364. The lowest BCUT2D eigenvalue weighted by Gasteiger charge is -2.32. The summed E-state index contributed by atoms with van der Waals surface area (Å²) in [6, 6.07) is 11.5. The molecule has 1 aliphatic rings. The number of methoxy groups -OCH3 is 1. The number of hydrogen-bond acceptors (Lipinski definition) is 3. The van der Waals surface area contributed by atoms with Gasteiger partial charge in [0.1, 0.15) is 11.4 Å². The first-order valence-electron chi connectivity index (χ1n) is 9.81. The quantitative estimate of drug-likeness (QED) is 0.678. The van der Waals surface area contributed by atoms with Crippen LogP contribution >= 0.6 is 0 Å². The van der Waals surface area contributed by atoms with E-state index in [9.17, 15) is 18.0 Å². The maximum absolute atomic E-state index is 12.9. The van der Waals surface area contributed by atoms with E-state index in [-0.39, 0.29) is 11.8 Å². The van der Waals surface area contributed by atoms with Gasteiger partial charge in [0.2, 0.25) is 5.91 Å². The smallest absolute Gasteiger partial charge is 0.433 e. The zero-order chi connectivity index (χ0) is 21.3. The van der Waals surface area contributed by atoms with Crippen molar-refractivity contribution in [2.24, 2.45) is 0 Å².